The number of hydrogen-bond acceptors (Lipinski definition) is 4. The molecule has 2 heterocycles. The minimum Gasteiger partial charge on any atom is -0.374 e. The van der Waals surface area contributed by atoms with E-state index in [1.54, 1.807) is 17.3 Å². The Morgan fingerprint density at radius 1 is 1.39 bits per heavy atom. The standard InChI is InChI=1S/C17H21FN2O3/c18-17(5-6-17)16(21)20-9-10-22-14-2-1-13(20)15(14)23-11-12-3-7-19-8-4-12/h3-4,7-8,13-15H,1-2,5-6,9-11H2/t13-,14-,15-/m0/s1. The van der Waals surface area contributed by atoms with Gasteiger partial charge in [-0.3, -0.25) is 9.78 Å². The first-order valence-corrected chi connectivity index (χ1v) is 8.29. The number of rotatable bonds is 4. The number of amides is 1. The van der Waals surface area contributed by atoms with Gasteiger partial charge in [-0.2, -0.15) is 0 Å². The van der Waals surface area contributed by atoms with E-state index in [4.69, 9.17) is 9.47 Å². The normalized spacial score (nSPS) is 31.7. The highest BCUT2D eigenvalue weighted by atomic mass is 19.1. The molecule has 1 aromatic rings. The molecule has 1 saturated heterocycles. The van der Waals surface area contributed by atoms with Gasteiger partial charge in [0.25, 0.3) is 5.91 Å². The highest BCUT2D eigenvalue weighted by Gasteiger charge is 2.56. The number of alkyl halides is 1. The van der Waals surface area contributed by atoms with Gasteiger partial charge in [-0.25, -0.2) is 4.39 Å². The van der Waals surface area contributed by atoms with Crippen molar-refractivity contribution in [3.8, 4) is 0 Å². The lowest BCUT2D eigenvalue weighted by atomic mass is 10.1. The van der Waals surface area contributed by atoms with Gasteiger partial charge in [-0.1, -0.05) is 0 Å². The fraction of sp³-hybridized carbons (Fsp3) is 0.647. The first-order chi connectivity index (χ1) is 11.2. The SMILES string of the molecule is O=C(N1CCO[C@H]2CC[C@H]1[C@@H]2OCc1ccncc1)C1(F)CC1. The molecule has 3 aliphatic rings. The maximum atomic E-state index is 14.2. The largest absolute Gasteiger partial charge is 0.374 e. The molecule has 0 radical (unpaired) electrons. The monoisotopic (exact) mass is 320 g/mol. The first kappa shape index (κ1) is 15.0. The molecule has 6 heteroatoms. The molecule has 0 unspecified atom stereocenters. The van der Waals surface area contributed by atoms with E-state index in [9.17, 15) is 9.18 Å². The van der Waals surface area contributed by atoms with E-state index in [0.29, 0.717) is 32.6 Å². The summed E-state index contributed by atoms with van der Waals surface area (Å²) in [5, 5.41) is 0. The average molecular weight is 320 g/mol. The molecule has 0 spiro atoms. The zero-order valence-corrected chi connectivity index (χ0v) is 13.0. The Hall–Kier alpha value is -1.53. The lowest BCUT2D eigenvalue weighted by Crippen LogP contribution is -2.49. The molecule has 1 amide bonds. The molecule has 124 valence electrons. The van der Waals surface area contributed by atoms with E-state index in [0.717, 1.165) is 18.4 Å². The third-order valence-electron chi connectivity index (χ3n) is 5.08. The molecule has 2 saturated carbocycles. The third kappa shape index (κ3) is 2.85. The number of nitrogens with zero attached hydrogens (tertiary/aromatic N) is 2. The van der Waals surface area contributed by atoms with Crippen LogP contribution < -0.4 is 0 Å². The number of carbonyl (C=O) groups excluding carboxylic acids is 1. The first-order valence-electron chi connectivity index (χ1n) is 8.29. The fourth-order valence-electron chi connectivity index (χ4n) is 3.61. The number of pyridine rings is 1. The summed E-state index contributed by atoms with van der Waals surface area (Å²) in [5.74, 6) is -0.369. The Bertz CT molecular complexity index is 578. The van der Waals surface area contributed by atoms with Crippen molar-refractivity contribution in [2.75, 3.05) is 13.2 Å². The molecule has 2 aliphatic carbocycles. The van der Waals surface area contributed by atoms with E-state index in [-0.39, 0.29) is 24.2 Å². The van der Waals surface area contributed by atoms with Crippen LogP contribution in [0.5, 0.6) is 0 Å². The van der Waals surface area contributed by atoms with E-state index < -0.39 is 5.67 Å². The Morgan fingerprint density at radius 2 is 2.17 bits per heavy atom. The lowest BCUT2D eigenvalue weighted by molar-refractivity contribution is -0.143. The van der Waals surface area contributed by atoms with Crippen molar-refractivity contribution in [2.24, 2.45) is 0 Å². The Balaban J connectivity index is 1.48. The van der Waals surface area contributed by atoms with E-state index in [1.165, 1.54) is 0 Å². The van der Waals surface area contributed by atoms with Crippen molar-refractivity contribution in [1.82, 2.24) is 9.88 Å². The van der Waals surface area contributed by atoms with Gasteiger partial charge in [0.05, 0.1) is 25.4 Å². The van der Waals surface area contributed by atoms with Gasteiger partial charge >= 0.3 is 0 Å². The molecule has 1 aliphatic heterocycles. The van der Waals surface area contributed by atoms with Crippen LogP contribution in [0.25, 0.3) is 0 Å². The zero-order valence-electron chi connectivity index (χ0n) is 13.0. The van der Waals surface area contributed by atoms with E-state index >= 15 is 0 Å². The smallest absolute Gasteiger partial charge is 0.260 e. The van der Waals surface area contributed by atoms with Crippen LogP contribution in [0.1, 0.15) is 31.2 Å². The Labute approximate surface area is 134 Å². The molecule has 4 rings (SSSR count). The number of carbonyl (C=O) groups is 1. The van der Waals surface area contributed by atoms with Crippen molar-refractivity contribution in [3.05, 3.63) is 30.1 Å². The van der Waals surface area contributed by atoms with Gasteiger partial charge < -0.3 is 14.4 Å². The lowest BCUT2D eigenvalue weighted by Gasteiger charge is -2.32. The maximum absolute atomic E-state index is 14.2. The van der Waals surface area contributed by atoms with Crippen LogP contribution in [-0.4, -0.2) is 52.9 Å². The Kier molecular flexibility index (Phi) is 3.81. The number of ether oxygens (including phenoxy) is 2. The average Bonchev–Trinajstić information content (AvgIpc) is 3.22. The van der Waals surface area contributed by atoms with Gasteiger partial charge in [-0.05, 0) is 43.4 Å². The molecule has 0 N–H and O–H groups in total. The molecule has 3 fully saturated rings. The van der Waals surface area contributed by atoms with E-state index in [2.05, 4.69) is 4.98 Å². The van der Waals surface area contributed by atoms with Gasteiger partial charge in [0.15, 0.2) is 5.67 Å². The van der Waals surface area contributed by atoms with Crippen LogP contribution in [0.15, 0.2) is 24.5 Å². The predicted molar refractivity (Wildman–Crippen MR) is 80.4 cm³/mol. The molecular weight excluding hydrogens is 299 g/mol. The summed E-state index contributed by atoms with van der Waals surface area (Å²) in [7, 11) is 0. The predicted octanol–water partition coefficient (Wildman–Crippen LogP) is 1.86. The highest BCUT2D eigenvalue weighted by molar-refractivity contribution is 5.88. The van der Waals surface area contributed by atoms with Crippen molar-refractivity contribution in [3.63, 3.8) is 0 Å². The maximum Gasteiger partial charge on any atom is 0.260 e. The van der Waals surface area contributed by atoms with Gasteiger partial charge in [0.1, 0.15) is 6.10 Å². The van der Waals surface area contributed by atoms with Crippen LogP contribution in [0.2, 0.25) is 0 Å². The van der Waals surface area contributed by atoms with E-state index in [1.807, 2.05) is 12.1 Å². The number of fused-ring (bicyclic) bond motifs is 2. The summed E-state index contributed by atoms with van der Waals surface area (Å²) in [4.78, 5) is 18.1. The van der Waals surface area contributed by atoms with Crippen LogP contribution in [-0.2, 0) is 20.9 Å². The second kappa shape index (κ2) is 5.83. The third-order valence-corrected chi connectivity index (χ3v) is 5.08. The van der Waals surface area contributed by atoms with Crippen LogP contribution in [0.3, 0.4) is 0 Å². The quantitative estimate of drug-likeness (QED) is 0.850. The molecule has 23 heavy (non-hydrogen) atoms. The van der Waals surface area contributed by atoms with Crippen LogP contribution >= 0.6 is 0 Å². The van der Waals surface area contributed by atoms with Crippen LogP contribution in [0.4, 0.5) is 4.39 Å². The van der Waals surface area contributed by atoms with Crippen LogP contribution in [0, 0.1) is 0 Å². The number of halogens is 1. The van der Waals surface area contributed by atoms with Gasteiger partial charge in [0, 0.05) is 18.9 Å². The zero-order chi connectivity index (χ0) is 15.9. The molecule has 0 aromatic carbocycles. The summed E-state index contributed by atoms with van der Waals surface area (Å²) in [6.07, 6.45) is 5.64. The highest BCUT2D eigenvalue weighted by Crippen LogP contribution is 2.43. The van der Waals surface area contributed by atoms with Crippen molar-refractivity contribution in [1.29, 1.82) is 0 Å². The summed E-state index contributed by atoms with van der Waals surface area (Å²) in [6.45, 7) is 1.37. The molecule has 5 nitrogen and oxygen atoms in total. The van der Waals surface area contributed by atoms with Gasteiger partial charge in [-0.15, -0.1) is 0 Å². The van der Waals surface area contributed by atoms with Crippen molar-refractivity contribution < 1.29 is 18.7 Å². The molecule has 3 atom stereocenters. The minimum atomic E-state index is -1.63. The summed E-state index contributed by atoms with van der Waals surface area (Å²) < 4.78 is 26.2. The van der Waals surface area contributed by atoms with Crippen molar-refractivity contribution >= 4 is 5.91 Å². The second-order valence-corrected chi connectivity index (χ2v) is 6.65. The summed E-state index contributed by atoms with van der Waals surface area (Å²) >= 11 is 0. The summed E-state index contributed by atoms with van der Waals surface area (Å²) in [6, 6.07) is 3.73. The Morgan fingerprint density at radius 3 is 2.91 bits per heavy atom. The minimum absolute atomic E-state index is 0.00518. The van der Waals surface area contributed by atoms with Crippen molar-refractivity contribution in [2.45, 2.75) is 56.2 Å². The number of aromatic nitrogens is 1. The fourth-order valence-corrected chi connectivity index (χ4v) is 3.61. The second-order valence-electron chi connectivity index (χ2n) is 6.65. The topological polar surface area (TPSA) is 51.7 Å². The molecule has 1 aromatic heterocycles. The molecular formula is C17H21FN2O3. The summed E-state index contributed by atoms with van der Waals surface area (Å²) in [5.41, 5.74) is -0.594. The molecule has 2 bridgehead atoms. The number of hydrogen-bond donors (Lipinski definition) is 0. The van der Waals surface area contributed by atoms with Gasteiger partial charge in [0.2, 0.25) is 0 Å².